The summed E-state index contributed by atoms with van der Waals surface area (Å²) in [6, 6.07) is 2.01. The van der Waals surface area contributed by atoms with E-state index in [1.165, 1.54) is 6.20 Å². The van der Waals surface area contributed by atoms with Crippen molar-refractivity contribution in [3.05, 3.63) is 23.9 Å². The number of rotatable bonds is 3. The second-order valence-corrected chi connectivity index (χ2v) is 5.58. The van der Waals surface area contributed by atoms with Crippen molar-refractivity contribution in [3.63, 3.8) is 0 Å². The fraction of sp³-hybridized carbons (Fsp3) is 0.615. The summed E-state index contributed by atoms with van der Waals surface area (Å²) in [5.74, 6) is 0.592. The van der Waals surface area contributed by atoms with Gasteiger partial charge in [-0.2, -0.15) is 13.2 Å². The molecule has 1 N–H and O–H groups in total. The Bertz CT molecular complexity index is 394. The SMILES string of the molecule is CC(CNc1cc(C(F)(F)F)ccn1)C(C)(C)C. The molecule has 1 aromatic rings. The van der Waals surface area contributed by atoms with E-state index in [9.17, 15) is 13.2 Å². The number of anilines is 1. The van der Waals surface area contributed by atoms with Gasteiger partial charge in [-0.1, -0.05) is 27.7 Å². The third-order valence-corrected chi connectivity index (χ3v) is 3.16. The van der Waals surface area contributed by atoms with Gasteiger partial charge in [0.2, 0.25) is 0 Å². The number of hydrogen-bond donors (Lipinski definition) is 1. The van der Waals surface area contributed by atoms with Crippen LogP contribution in [-0.2, 0) is 6.18 Å². The van der Waals surface area contributed by atoms with Crippen molar-refractivity contribution >= 4 is 5.82 Å². The Labute approximate surface area is 106 Å². The van der Waals surface area contributed by atoms with Crippen LogP contribution in [0.4, 0.5) is 19.0 Å². The van der Waals surface area contributed by atoms with E-state index in [0.717, 1.165) is 12.1 Å². The van der Waals surface area contributed by atoms with Crippen LogP contribution >= 0.6 is 0 Å². The fourth-order valence-corrected chi connectivity index (χ4v) is 1.27. The van der Waals surface area contributed by atoms with E-state index in [4.69, 9.17) is 0 Å². The molecule has 1 rings (SSSR count). The first-order valence-corrected chi connectivity index (χ1v) is 5.88. The van der Waals surface area contributed by atoms with Crippen LogP contribution in [0.2, 0.25) is 0 Å². The van der Waals surface area contributed by atoms with E-state index in [1.54, 1.807) is 0 Å². The zero-order valence-electron chi connectivity index (χ0n) is 11.1. The second-order valence-electron chi connectivity index (χ2n) is 5.58. The van der Waals surface area contributed by atoms with Crippen LogP contribution in [0.25, 0.3) is 0 Å². The Kier molecular flexibility index (Phi) is 4.24. The topological polar surface area (TPSA) is 24.9 Å². The normalized spacial score (nSPS) is 14.4. The van der Waals surface area contributed by atoms with Gasteiger partial charge in [-0.3, -0.25) is 0 Å². The van der Waals surface area contributed by atoms with Gasteiger partial charge in [-0.25, -0.2) is 4.98 Å². The molecule has 0 aliphatic rings. The molecular weight excluding hydrogens is 241 g/mol. The number of nitrogens with zero attached hydrogens (tertiary/aromatic N) is 1. The first-order valence-electron chi connectivity index (χ1n) is 5.88. The summed E-state index contributed by atoms with van der Waals surface area (Å²) >= 11 is 0. The molecule has 102 valence electrons. The molecule has 0 bridgehead atoms. The number of hydrogen-bond acceptors (Lipinski definition) is 2. The van der Waals surface area contributed by atoms with Gasteiger partial charge in [0.05, 0.1) is 5.56 Å². The standard InChI is InChI=1S/C13H19F3N2/c1-9(12(2,3)4)8-18-11-7-10(5-6-17-11)13(14,15)16/h5-7,9H,8H2,1-4H3,(H,17,18). The fourth-order valence-electron chi connectivity index (χ4n) is 1.27. The van der Waals surface area contributed by atoms with Gasteiger partial charge in [-0.15, -0.1) is 0 Å². The Morgan fingerprint density at radius 1 is 1.28 bits per heavy atom. The minimum absolute atomic E-state index is 0.106. The van der Waals surface area contributed by atoms with Crippen LogP contribution < -0.4 is 5.32 Å². The predicted octanol–water partition coefficient (Wildman–Crippen LogP) is 4.19. The Morgan fingerprint density at radius 2 is 1.89 bits per heavy atom. The maximum atomic E-state index is 12.5. The van der Waals surface area contributed by atoms with Gasteiger partial charge in [0.15, 0.2) is 0 Å². The first kappa shape index (κ1) is 14.8. The summed E-state index contributed by atoms with van der Waals surface area (Å²) in [7, 11) is 0. The smallest absolute Gasteiger partial charge is 0.370 e. The van der Waals surface area contributed by atoms with Crippen LogP contribution in [-0.4, -0.2) is 11.5 Å². The lowest BCUT2D eigenvalue weighted by Gasteiger charge is -2.27. The minimum atomic E-state index is -4.32. The van der Waals surface area contributed by atoms with Crippen molar-refractivity contribution < 1.29 is 13.2 Å². The monoisotopic (exact) mass is 260 g/mol. The van der Waals surface area contributed by atoms with Gasteiger partial charge >= 0.3 is 6.18 Å². The van der Waals surface area contributed by atoms with Crippen LogP contribution in [0.3, 0.4) is 0 Å². The van der Waals surface area contributed by atoms with Crippen LogP contribution in [0.5, 0.6) is 0 Å². The number of nitrogens with one attached hydrogen (secondary N) is 1. The maximum Gasteiger partial charge on any atom is 0.416 e. The van der Waals surface area contributed by atoms with Gasteiger partial charge in [0, 0.05) is 12.7 Å². The highest BCUT2D eigenvalue weighted by atomic mass is 19.4. The van der Waals surface area contributed by atoms with Crippen molar-refractivity contribution in [1.82, 2.24) is 4.98 Å². The molecule has 1 atom stereocenters. The highest BCUT2D eigenvalue weighted by Gasteiger charge is 2.30. The number of aromatic nitrogens is 1. The van der Waals surface area contributed by atoms with Gasteiger partial charge in [-0.05, 0) is 23.5 Å². The van der Waals surface area contributed by atoms with E-state index in [1.807, 2.05) is 0 Å². The summed E-state index contributed by atoms with van der Waals surface area (Å²) < 4.78 is 37.5. The first-order chi connectivity index (χ1) is 8.10. The van der Waals surface area contributed by atoms with E-state index >= 15 is 0 Å². The Hall–Kier alpha value is -1.26. The van der Waals surface area contributed by atoms with Crippen molar-refractivity contribution in [1.29, 1.82) is 0 Å². The molecule has 1 aromatic heterocycles. The molecule has 0 saturated heterocycles. The Balaban J connectivity index is 2.69. The summed E-state index contributed by atoms with van der Waals surface area (Å²) in [5.41, 5.74) is -0.572. The van der Waals surface area contributed by atoms with E-state index in [2.05, 4.69) is 38.0 Å². The maximum absolute atomic E-state index is 12.5. The average Bonchev–Trinajstić information content (AvgIpc) is 2.23. The summed E-state index contributed by atoms with van der Waals surface area (Å²) in [4.78, 5) is 3.90. The van der Waals surface area contributed by atoms with Crippen molar-refractivity contribution in [2.24, 2.45) is 11.3 Å². The summed E-state index contributed by atoms with van der Waals surface area (Å²) in [6.07, 6.45) is -3.15. The summed E-state index contributed by atoms with van der Waals surface area (Å²) in [6.45, 7) is 8.94. The molecule has 18 heavy (non-hydrogen) atoms. The van der Waals surface area contributed by atoms with Crippen molar-refractivity contribution in [2.45, 2.75) is 33.9 Å². The van der Waals surface area contributed by atoms with Crippen LogP contribution in [0.1, 0.15) is 33.3 Å². The lowest BCUT2D eigenvalue weighted by molar-refractivity contribution is -0.137. The highest BCUT2D eigenvalue weighted by molar-refractivity contribution is 5.38. The average molecular weight is 260 g/mol. The molecular formula is C13H19F3N2. The predicted molar refractivity (Wildman–Crippen MR) is 66.3 cm³/mol. The third kappa shape index (κ3) is 4.20. The molecule has 0 spiro atoms. The number of halogens is 3. The molecule has 0 aliphatic heterocycles. The van der Waals surface area contributed by atoms with Gasteiger partial charge in [0.25, 0.3) is 0 Å². The molecule has 0 fully saturated rings. The molecule has 1 heterocycles. The number of alkyl halides is 3. The lowest BCUT2D eigenvalue weighted by Crippen LogP contribution is -2.25. The van der Waals surface area contributed by atoms with E-state index in [0.29, 0.717) is 12.5 Å². The van der Waals surface area contributed by atoms with Crippen LogP contribution in [0.15, 0.2) is 18.3 Å². The summed E-state index contributed by atoms with van der Waals surface area (Å²) in [5, 5.41) is 2.95. The minimum Gasteiger partial charge on any atom is -0.370 e. The quantitative estimate of drug-likeness (QED) is 0.881. The van der Waals surface area contributed by atoms with E-state index < -0.39 is 11.7 Å². The van der Waals surface area contributed by atoms with Crippen molar-refractivity contribution in [2.75, 3.05) is 11.9 Å². The van der Waals surface area contributed by atoms with E-state index in [-0.39, 0.29) is 11.2 Å². The van der Waals surface area contributed by atoms with Gasteiger partial charge < -0.3 is 5.32 Å². The second kappa shape index (κ2) is 5.16. The zero-order valence-corrected chi connectivity index (χ0v) is 11.1. The molecule has 1 unspecified atom stereocenters. The highest BCUT2D eigenvalue weighted by Crippen LogP contribution is 2.30. The van der Waals surface area contributed by atoms with Crippen LogP contribution in [0, 0.1) is 11.3 Å². The number of pyridine rings is 1. The van der Waals surface area contributed by atoms with Crippen molar-refractivity contribution in [3.8, 4) is 0 Å². The molecule has 0 aromatic carbocycles. The molecule has 0 amide bonds. The molecule has 0 aliphatic carbocycles. The molecule has 5 heteroatoms. The van der Waals surface area contributed by atoms with Gasteiger partial charge in [0.1, 0.15) is 5.82 Å². The molecule has 0 radical (unpaired) electrons. The zero-order chi connectivity index (χ0) is 14.0. The lowest BCUT2D eigenvalue weighted by atomic mass is 9.82. The third-order valence-electron chi connectivity index (χ3n) is 3.16. The largest absolute Gasteiger partial charge is 0.416 e. The molecule has 0 saturated carbocycles. The molecule has 2 nitrogen and oxygen atoms in total. The Morgan fingerprint density at radius 3 is 2.39 bits per heavy atom.